The van der Waals surface area contributed by atoms with E-state index in [9.17, 15) is 15.2 Å². The van der Waals surface area contributed by atoms with Crippen LogP contribution in [0.4, 0.5) is 22.1 Å². The van der Waals surface area contributed by atoms with Crippen molar-refractivity contribution in [3.63, 3.8) is 0 Å². The summed E-state index contributed by atoms with van der Waals surface area (Å²) in [6, 6.07) is 14.7. The molecule has 1 saturated heterocycles. The highest BCUT2D eigenvalue weighted by Gasteiger charge is 2.25. The fraction of sp³-hybridized carbons (Fsp3) is 0.367. The zero-order valence-electron chi connectivity index (χ0n) is 23.7. The summed E-state index contributed by atoms with van der Waals surface area (Å²) in [6.45, 7) is 9.55. The summed E-state index contributed by atoms with van der Waals surface area (Å²) >= 11 is 0. The van der Waals surface area contributed by atoms with Gasteiger partial charge in [-0.3, -0.25) is 0 Å². The van der Waals surface area contributed by atoms with Crippen molar-refractivity contribution in [3.05, 3.63) is 53.7 Å². The first-order valence-electron chi connectivity index (χ1n) is 13.4. The van der Waals surface area contributed by atoms with Crippen molar-refractivity contribution in [2.24, 2.45) is 0 Å². The maximum absolute atomic E-state index is 11.9. The van der Waals surface area contributed by atoms with Gasteiger partial charge in [-0.25, -0.2) is 9.78 Å². The summed E-state index contributed by atoms with van der Waals surface area (Å²) in [4.78, 5) is 20.9. The number of amides is 1. The van der Waals surface area contributed by atoms with Crippen LogP contribution in [0.1, 0.15) is 45.4 Å². The molecule has 0 spiro atoms. The minimum Gasteiger partial charge on any atom is -0.507 e. The van der Waals surface area contributed by atoms with E-state index < -0.39 is 11.7 Å². The van der Waals surface area contributed by atoms with E-state index in [1.807, 2.05) is 18.2 Å². The number of nitrogen functional groups attached to an aromatic ring is 1. The van der Waals surface area contributed by atoms with Gasteiger partial charge in [0.25, 0.3) is 0 Å². The lowest BCUT2D eigenvalue weighted by Crippen LogP contribution is -2.35. The summed E-state index contributed by atoms with van der Waals surface area (Å²) in [6.07, 6.45) is 0.255. The van der Waals surface area contributed by atoms with Crippen LogP contribution in [0.15, 0.2) is 42.5 Å². The Morgan fingerprint density at radius 3 is 2.71 bits per heavy atom. The van der Waals surface area contributed by atoms with Crippen molar-refractivity contribution < 1.29 is 14.6 Å². The third-order valence-electron chi connectivity index (χ3n) is 6.50. The molecule has 3 aromatic rings. The van der Waals surface area contributed by atoms with Crippen LogP contribution in [0, 0.1) is 23.2 Å². The standard InChI is InChI=1S/C30H34N8O3/c1-20-13-15-37(25-18-24(35-36-28(25)32)22-8-5-6-10-26(22)39)16-17-38(20)27-12-11-21(19-31)23(34-27)9-7-14-33-29(40)41-30(2,3)4/h5-6,8,10-12,18,20,39H,13-17H2,1-4H3,(H2,32,36)(H,33,40)/t20-/m0/s1. The van der Waals surface area contributed by atoms with Gasteiger partial charge in [-0.05, 0) is 70.4 Å². The Morgan fingerprint density at radius 2 is 1.98 bits per heavy atom. The Balaban J connectivity index is 1.51. The molecule has 212 valence electrons. The van der Waals surface area contributed by atoms with Gasteiger partial charge in [0.15, 0.2) is 5.82 Å². The van der Waals surface area contributed by atoms with E-state index in [2.05, 4.69) is 50.1 Å². The van der Waals surface area contributed by atoms with Gasteiger partial charge in [0, 0.05) is 31.2 Å². The van der Waals surface area contributed by atoms with Crippen LogP contribution in [-0.4, -0.2) is 64.2 Å². The average Bonchev–Trinajstić information content (AvgIpc) is 3.12. The van der Waals surface area contributed by atoms with Gasteiger partial charge in [-0.2, -0.15) is 5.26 Å². The normalized spacial score (nSPS) is 15.2. The van der Waals surface area contributed by atoms with Crippen LogP contribution < -0.4 is 20.9 Å². The zero-order chi connectivity index (χ0) is 29.6. The highest BCUT2D eigenvalue weighted by atomic mass is 16.6. The highest BCUT2D eigenvalue weighted by molar-refractivity contribution is 5.74. The Labute approximate surface area is 240 Å². The van der Waals surface area contributed by atoms with E-state index in [1.165, 1.54) is 0 Å². The Bertz CT molecular complexity index is 1520. The smallest absolute Gasteiger partial charge is 0.408 e. The van der Waals surface area contributed by atoms with Crippen molar-refractivity contribution in [1.29, 1.82) is 5.26 Å². The molecule has 1 aliphatic rings. The number of alkyl carbamates (subject to hydrolysis) is 1. The summed E-state index contributed by atoms with van der Waals surface area (Å²) in [5.41, 5.74) is 8.22. The van der Waals surface area contributed by atoms with Crippen molar-refractivity contribution >= 4 is 23.4 Å². The second-order valence-electron chi connectivity index (χ2n) is 10.7. The number of aromatic hydroxyl groups is 1. The summed E-state index contributed by atoms with van der Waals surface area (Å²) in [7, 11) is 0. The first kappa shape index (κ1) is 29.0. The van der Waals surface area contributed by atoms with E-state index in [1.54, 1.807) is 45.0 Å². The number of hydrogen-bond donors (Lipinski definition) is 3. The predicted octanol–water partition coefficient (Wildman–Crippen LogP) is 3.68. The molecular formula is C30H34N8O3. The lowest BCUT2D eigenvalue weighted by Gasteiger charge is -2.28. The van der Waals surface area contributed by atoms with Crippen LogP contribution >= 0.6 is 0 Å². The number of ether oxygens (including phenoxy) is 1. The third-order valence-corrected chi connectivity index (χ3v) is 6.50. The predicted molar refractivity (Wildman–Crippen MR) is 157 cm³/mol. The van der Waals surface area contributed by atoms with Crippen molar-refractivity contribution in [3.8, 4) is 34.9 Å². The number of nitrogens with two attached hydrogens (primary N) is 1. The molecule has 4 N–H and O–H groups in total. The number of aromatic nitrogens is 3. The molecule has 41 heavy (non-hydrogen) atoms. The number of phenols is 1. The number of anilines is 3. The molecule has 11 nitrogen and oxygen atoms in total. The second kappa shape index (κ2) is 12.4. The molecule has 11 heteroatoms. The number of para-hydroxylation sites is 1. The van der Waals surface area contributed by atoms with Crippen molar-refractivity contribution in [2.75, 3.05) is 41.7 Å². The topological polar surface area (TPSA) is 154 Å². The van der Waals surface area contributed by atoms with E-state index in [0.717, 1.165) is 18.7 Å². The summed E-state index contributed by atoms with van der Waals surface area (Å²) in [5, 5.41) is 30.8. The number of nitriles is 1. The second-order valence-corrected chi connectivity index (χ2v) is 10.7. The monoisotopic (exact) mass is 554 g/mol. The van der Waals surface area contributed by atoms with Crippen molar-refractivity contribution in [1.82, 2.24) is 20.5 Å². The highest BCUT2D eigenvalue weighted by Crippen LogP contribution is 2.32. The first-order valence-corrected chi connectivity index (χ1v) is 13.4. The number of hydrogen-bond acceptors (Lipinski definition) is 10. The van der Waals surface area contributed by atoms with E-state index in [0.29, 0.717) is 47.2 Å². The van der Waals surface area contributed by atoms with Crippen LogP contribution in [0.3, 0.4) is 0 Å². The molecule has 0 radical (unpaired) electrons. The zero-order valence-corrected chi connectivity index (χ0v) is 23.7. The largest absolute Gasteiger partial charge is 0.507 e. The van der Waals surface area contributed by atoms with Crippen LogP contribution in [0.25, 0.3) is 11.3 Å². The maximum Gasteiger partial charge on any atom is 0.408 e. The molecule has 1 aromatic carbocycles. The molecule has 2 aromatic heterocycles. The molecule has 0 unspecified atom stereocenters. The molecule has 1 aliphatic heterocycles. The fourth-order valence-corrected chi connectivity index (χ4v) is 4.46. The Morgan fingerprint density at radius 1 is 1.20 bits per heavy atom. The maximum atomic E-state index is 11.9. The molecule has 0 saturated carbocycles. The molecule has 3 heterocycles. The van der Waals surface area contributed by atoms with Gasteiger partial charge in [-0.15, -0.1) is 10.2 Å². The van der Waals surface area contributed by atoms with Gasteiger partial charge in [-0.1, -0.05) is 18.1 Å². The molecule has 1 amide bonds. The number of carbonyl (C=O) groups is 1. The van der Waals surface area contributed by atoms with Gasteiger partial charge in [0.1, 0.15) is 28.9 Å². The van der Waals surface area contributed by atoms with Gasteiger partial charge in [0.05, 0.1) is 23.5 Å². The minimum absolute atomic E-state index is 0.0604. The number of nitrogens with zero attached hydrogens (tertiary/aromatic N) is 6. The van der Waals surface area contributed by atoms with Crippen LogP contribution in [0.5, 0.6) is 5.75 Å². The number of nitrogens with one attached hydrogen (secondary N) is 1. The SMILES string of the molecule is C[C@H]1CCN(c2cc(-c3ccccc3O)nnc2N)CCN1c1ccc(C#N)c(C#CCNC(=O)OC(C)(C)C)n1. The van der Waals surface area contributed by atoms with Crippen LogP contribution in [-0.2, 0) is 4.74 Å². The van der Waals surface area contributed by atoms with E-state index in [-0.39, 0.29) is 18.3 Å². The summed E-state index contributed by atoms with van der Waals surface area (Å²) < 4.78 is 5.22. The molecule has 4 rings (SSSR count). The lowest BCUT2D eigenvalue weighted by molar-refractivity contribution is 0.0535. The number of rotatable bonds is 4. The molecule has 0 aliphatic carbocycles. The number of carbonyl (C=O) groups excluding carboxylic acids is 1. The van der Waals surface area contributed by atoms with Crippen molar-refractivity contribution in [2.45, 2.75) is 45.8 Å². The Kier molecular flexibility index (Phi) is 8.78. The third kappa shape index (κ3) is 7.34. The average molecular weight is 555 g/mol. The lowest BCUT2D eigenvalue weighted by atomic mass is 10.1. The molecule has 1 atom stereocenters. The van der Waals surface area contributed by atoms with Crippen LogP contribution in [0.2, 0.25) is 0 Å². The molecule has 0 bridgehead atoms. The minimum atomic E-state index is -0.604. The number of phenolic OH excluding ortho intramolecular Hbond substituents is 1. The van der Waals surface area contributed by atoms with Gasteiger partial charge < -0.3 is 30.7 Å². The number of benzene rings is 1. The quantitative estimate of drug-likeness (QED) is 0.407. The molecule has 1 fully saturated rings. The summed E-state index contributed by atoms with van der Waals surface area (Å²) in [5.74, 6) is 6.93. The number of pyridine rings is 1. The first-order chi connectivity index (χ1) is 19.6. The van der Waals surface area contributed by atoms with Gasteiger partial charge in [0.2, 0.25) is 0 Å². The Hall–Kier alpha value is -5.03. The van der Waals surface area contributed by atoms with E-state index in [4.69, 9.17) is 15.5 Å². The van der Waals surface area contributed by atoms with Gasteiger partial charge >= 0.3 is 6.09 Å². The molecular weight excluding hydrogens is 520 g/mol. The van der Waals surface area contributed by atoms with E-state index >= 15 is 0 Å². The fourth-order valence-electron chi connectivity index (χ4n) is 4.46.